The summed E-state index contributed by atoms with van der Waals surface area (Å²) in [4.78, 5) is 24.8. The number of nitrogens with one attached hydrogen (secondary N) is 1. The van der Waals surface area contributed by atoms with Crippen LogP contribution >= 0.6 is 0 Å². The van der Waals surface area contributed by atoms with Gasteiger partial charge < -0.3 is 4.57 Å². The van der Waals surface area contributed by atoms with Gasteiger partial charge in [0.1, 0.15) is 0 Å². The van der Waals surface area contributed by atoms with Crippen molar-refractivity contribution in [3.63, 3.8) is 0 Å². The van der Waals surface area contributed by atoms with E-state index in [4.69, 9.17) is 0 Å². The smallest absolute Gasteiger partial charge is 0.301 e. The molecule has 0 amide bonds. The summed E-state index contributed by atoms with van der Waals surface area (Å²) in [6.45, 7) is 5.47. The molecule has 1 aliphatic rings. The molecule has 1 heterocycles. The molecule has 21 heavy (non-hydrogen) atoms. The van der Waals surface area contributed by atoms with Crippen molar-refractivity contribution < 1.29 is 0 Å². The molecule has 4 heteroatoms. The lowest BCUT2D eigenvalue weighted by Crippen LogP contribution is -2.28. The van der Waals surface area contributed by atoms with Gasteiger partial charge in [-0.05, 0) is 37.0 Å². The van der Waals surface area contributed by atoms with Crippen LogP contribution in [0.3, 0.4) is 0 Å². The Labute approximate surface area is 126 Å². The zero-order valence-corrected chi connectivity index (χ0v) is 13.3. The summed E-state index contributed by atoms with van der Waals surface area (Å²) >= 11 is 0. The van der Waals surface area contributed by atoms with Gasteiger partial charge in [0.2, 0.25) is 0 Å². The third kappa shape index (κ3) is 4.87. The van der Waals surface area contributed by atoms with Crippen molar-refractivity contribution in [2.45, 2.75) is 65.3 Å². The van der Waals surface area contributed by atoms with Crippen LogP contribution in [0.5, 0.6) is 0 Å². The molecule has 0 aliphatic heterocycles. The Bertz CT molecular complexity index is 546. The van der Waals surface area contributed by atoms with Gasteiger partial charge >= 0.3 is 5.69 Å². The van der Waals surface area contributed by atoms with Crippen LogP contribution in [-0.4, -0.2) is 9.55 Å². The minimum absolute atomic E-state index is 0.295. The standard InChI is InChI=1S/C17H28N2O2/c1-13-11-14(2)15(12-13)7-5-3-4-6-9-19-10-8-16(20)18-17(19)21/h8,10,13-15H,3-7,9,11-12H2,1-2H3,(H,18,20,21). The molecule has 2 rings (SSSR count). The van der Waals surface area contributed by atoms with Crippen molar-refractivity contribution in [3.8, 4) is 0 Å². The maximum atomic E-state index is 11.5. The molecule has 1 aromatic heterocycles. The largest absolute Gasteiger partial charge is 0.328 e. The van der Waals surface area contributed by atoms with Crippen molar-refractivity contribution in [2.75, 3.05) is 0 Å². The Morgan fingerprint density at radius 1 is 1.14 bits per heavy atom. The molecule has 0 spiro atoms. The van der Waals surface area contributed by atoms with E-state index >= 15 is 0 Å². The molecule has 1 fully saturated rings. The Morgan fingerprint density at radius 2 is 1.90 bits per heavy atom. The van der Waals surface area contributed by atoms with E-state index in [1.807, 2.05) is 0 Å². The molecule has 4 nitrogen and oxygen atoms in total. The van der Waals surface area contributed by atoms with E-state index in [0.29, 0.717) is 6.54 Å². The number of aromatic amines is 1. The Kier molecular flexibility index (Phi) is 5.83. The number of unbranched alkanes of at least 4 members (excludes halogenated alkanes) is 3. The van der Waals surface area contributed by atoms with Crippen LogP contribution in [0.15, 0.2) is 21.9 Å². The number of hydrogen-bond acceptors (Lipinski definition) is 2. The van der Waals surface area contributed by atoms with E-state index in [-0.39, 0.29) is 11.2 Å². The van der Waals surface area contributed by atoms with Gasteiger partial charge in [0, 0.05) is 18.8 Å². The van der Waals surface area contributed by atoms with Crippen LogP contribution in [0.1, 0.15) is 58.8 Å². The summed E-state index contributed by atoms with van der Waals surface area (Å²) in [6.07, 6.45) is 10.5. The predicted molar refractivity (Wildman–Crippen MR) is 85.5 cm³/mol. The van der Waals surface area contributed by atoms with E-state index in [2.05, 4.69) is 18.8 Å². The molecular formula is C17H28N2O2. The second-order valence-corrected chi connectivity index (χ2v) is 6.82. The Morgan fingerprint density at radius 3 is 2.57 bits per heavy atom. The monoisotopic (exact) mass is 292 g/mol. The van der Waals surface area contributed by atoms with Crippen LogP contribution in [0, 0.1) is 17.8 Å². The number of aryl methyl sites for hydroxylation is 1. The molecule has 1 aliphatic carbocycles. The van der Waals surface area contributed by atoms with Crippen LogP contribution < -0.4 is 11.2 Å². The number of aromatic nitrogens is 2. The second-order valence-electron chi connectivity index (χ2n) is 6.82. The van der Waals surface area contributed by atoms with Crippen molar-refractivity contribution >= 4 is 0 Å². The van der Waals surface area contributed by atoms with Crippen LogP contribution in [0.25, 0.3) is 0 Å². The topological polar surface area (TPSA) is 54.9 Å². The first-order valence-corrected chi connectivity index (χ1v) is 8.36. The first kappa shape index (κ1) is 16.1. The van der Waals surface area contributed by atoms with E-state index in [9.17, 15) is 9.59 Å². The zero-order valence-electron chi connectivity index (χ0n) is 13.3. The van der Waals surface area contributed by atoms with Crippen LogP contribution in [-0.2, 0) is 6.54 Å². The van der Waals surface area contributed by atoms with Gasteiger partial charge in [-0.1, -0.05) is 39.5 Å². The lowest BCUT2D eigenvalue weighted by atomic mass is 9.92. The first-order valence-electron chi connectivity index (χ1n) is 8.36. The fourth-order valence-corrected chi connectivity index (χ4v) is 3.74. The molecule has 1 N–H and O–H groups in total. The highest BCUT2D eigenvalue weighted by Crippen LogP contribution is 2.38. The third-order valence-electron chi connectivity index (χ3n) is 4.90. The number of H-pyrrole nitrogens is 1. The number of nitrogens with zero attached hydrogens (tertiary/aromatic N) is 1. The SMILES string of the molecule is CC1CC(C)C(CCCCCCn2ccc(=O)[nH]c2=O)C1. The van der Waals surface area contributed by atoms with Crippen LogP contribution in [0.4, 0.5) is 0 Å². The van der Waals surface area contributed by atoms with Gasteiger partial charge in [0.15, 0.2) is 0 Å². The fraction of sp³-hybridized carbons (Fsp3) is 0.765. The molecule has 0 saturated heterocycles. The Balaban J connectivity index is 1.60. The van der Waals surface area contributed by atoms with E-state index in [1.165, 1.54) is 38.2 Å². The highest BCUT2D eigenvalue weighted by atomic mass is 16.2. The summed E-state index contributed by atoms with van der Waals surface area (Å²) in [5, 5.41) is 0. The van der Waals surface area contributed by atoms with Crippen LogP contribution in [0.2, 0.25) is 0 Å². The minimum Gasteiger partial charge on any atom is -0.301 e. The maximum Gasteiger partial charge on any atom is 0.328 e. The molecule has 0 aromatic carbocycles. The molecule has 3 atom stereocenters. The summed E-state index contributed by atoms with van der Waals surface area (Å²) < 4.78 is 1.59. The van der Waals surface area contributed by atoms with Crippen molar-refractivity contribution in [2.24, 2.45) is 17.8 Å². The third-order valence-corrected chi connectivity index (χ3v) is 4.90. The van der Waals surface area contributed by atoms with E-state index in [1.54, 1.807) is 10.8 Å². The first-order chi connectivity index (χ1) is 10.1. The Hall–Kier alpha value is -1.32. The summed E-state index contributed by atoms with van der Waals surface area (Å²) in [6, 6.07) is 1.41. The van der Waals surface area contributed by atoms with Crippen molar-refractivity contribution in [1.82, 2.24) is 9.55 Å². The molecule has 118 valence electrons. The van der Waals surface area contributed by atoms with Gasteiger partial charge in [0.05, 0.1) is 0 Å². The zero-order chi connectivity index (χ0) is 15.2. The molecule has 0 bridgehead atoms. The average Bonchev–Trinajstić information content (AvgIpc) is 2.74. The quantitative estimate of drug-likeness (QED) is 0.785. The predicted octanol–water partition coefficient (Wildman–Crippen LogP) is 3.17. The molecule has 3 unspecified atom stereocenters. The van der Waals surface area contributed by atoms with E-state index in [0.717, 1.165) is 30.6 Å². The second kappa shape index (κ2) is 7.62. The summed E-state index contributed by atoms with van der Waals surface area (Å²) in [5.74, 6) is 2.75. The lowest BCUT2D eigenvalue weighted by Gasteiger charge is -2.14. The summed E-state index contributed by atoms with van der Waals surface area (Å²) in [5.41, 5.74) is -0.618. The maximum absolute atomic E-state index is 11.5. The highest BCUT2D eigenvalue weighted by molar-refractivity contribution is 4.82. The van der Waals surface area contributed by atoms with Gasteiger partial charge in [-0.15, -0.1) is 0 Å². The molecule has 0 radical (unpaired) electrons. The van der Waals surface area contributed by atoms with Crippen molar-refractivity contribution in [3.05, 3.63) is 33.1 Å². The molecule has 1 aromatic rings. The lowest BCUT2D eigenvalue weighted by molar-refractivity contribution is 0.372. The van der Waals surface area contributed by atoms with Gasteiger partial charge in [-0.25, -0.2) is 4.79 Å². The van der Waals surface area contributed by atoms with Gasteiger partial charge in [-0.3, -0.25) is 9.78 Å². The van der Waals surface area contributed by atoms with E-state index < -0.39 is 0 Å². The number of rotatable bonds is 7. The number of hydrogen-bond donors (Lipinski definition) is 1. The van der Waals surface area contributed by atoms with Gasteiger partial charge in [0.25, 0.3) is 5.56 Å². The minimum atomic E-state index is -0.323. The average molecular weight is 292 g/mol. The van der Waals surface area contributed by atoms with Gasteiger partial charge in [-0.2, -0.15) is 0 Å². The fourth-order valence-electron chi connectivity index (χ4n) is 3.74. The normalized spacial score (nSPS) is 25.3. The summed E-state index contributed by atoms with van der Waals surface area (Å²) in [7, 11) is 0. The molecule has 1 saturated carbocycles. The van der Waals surface area contributed by atoms with Crippen molar-refractivity contribution in [1.29, 1.82) is 0 Å². The highest BCUT2D eigenvalue weighted by Gasteiger charge is 2.27. The molecular weight excluding hydrogens is 264 g/mol.